The van der Waals surface area contributed by atoms with E-state index in [1.807, 2.05) is 44.2 Å². The van der Waals surface area contributed by atoms with Crippen LogP contribution in [0.5, 0.6) is 0 Å². The molecule has 2 aromatic carbocycles. The molecule has 0 amide bonds. The van der Waals surface area contributed by atoms with Crippen LogP contribution in [0.15, 0.2) is 47.0 Å². The molecule has 0 saturated heterocycles. The van der Waals surface area contributed by atoms with Gasteiger partial charge < -0.3 is 10.3 Å². The monoisotopic (exact) mass is 265 g/mol. The molecule has 0 aliphatic carbocycles. The van der Waals surface area contributed by atoms with Crippen molar-refractivity contribution in [1.82, 2.24) is 10.1 Å². The van der Waals surface area contributed by atoms with E-state index in [2.05, 4.69) is 22.3 Å². The molecule has 3 rings (SSSR count). The SMILES string of the molecule is Cc1ccc(C)c(-c2nc(-c3cccc(N)c3)no2)c1. The van der Waals surface area contributed by atoms with Crippen LogP contribution in [0.4, 0.5) is 5.69 Å². The van der Waals surface area contributed by atoms with Gasteiger partial charge in [-0.25, -0.2) is 0 Å². The molecule has 0 saturated carbocycles. The summed E-state index contributed by atoms with van der Waals surface area (Å²) in [7, 11) is 0. The summed E-state index contributed by atoms with van der Waals surface area (Å²) in [5.74, 6) is 1.08. The molecule has 1 aromatic heterocycles. The van der Waals surface area contributed by atoms with Crippen LogP contribution in [0.2, 0.25) is 0 Å². The second-order valence-corrected chi connectivity index (χ2v) is 4.87. The Morgan fingerprint density at radius 1 is 1.05 bits per heavy atom. The summed E-state index contributed by atoms with van der Waals surface area (Å²) in [5.41, 5.74) is 10.5. The molecule has 0 bridgehead atoms. The zero-order valence-corrected chi connectivity index (χ0v) is 11.4. The Hall–Kier alpha value is -2.62. The maximum atomic E-state index is 5.77. The average molecular weight is 265 g/mol. The first-order valence-electron chi connectivity index (χ1n) is 6.41. The highest BCUT2D eigenvalue weighted by Crippen LogP contribution is 2.26. The predicted molar refractivity (Wildman–Crippen MR) is 79.1 cm³/mol. The summed E-state index contributed by atoms with van der Waals surface area (Å²) in [5, 5.41) is 4.03. The molecule has 20 heavy (non-hydrogen) atoms. The zero-order valence-electron chi connectivity index (χ0n) is 11.4. The molecule has 0 aliphatic heterocycles. The third-order valence-corrected chi connectivity index (χ3v) is 3.19. The van der Waals surface area contributed by atoms with Crippen LogP contribution >= 0.6 is 0 Å². The van der Waals surface area contributed by atoms with Gasteiger partial charge in [0.25, 0.3) is 5.89 Å². The number of benzene rings is 2. The number of nitrogen functional groups attached to an aromatic ring is 1. The van der Waals surface area contributed by atoms with E-state index in [1.165, 1.54) is 0 Å². The van der Waals surface area contributed by atoms with E-state index in [9.17, 15) is 0 Å². The van der Waals surface area contributed by atoms with Crippen molar-refractivity contribution < 1.29 is 4.52 Å². The number of anilines is 1. The van der Waals surface area contributed by atoms with Crippen molar-refractivity contribution >= 4 is 5.69 Å². The minimum Gasteiger partial charge on any atom is -0.399 e. The second-order valence-electron chi connectivity index (χ2n) is 4.87. The first kappa shape index (κ1) is 12.4. The maximum Gasteiger partial charge on any atom is 0.258 e. The number of nitrogens with zero attached hydrogens (tertiary/aromatic N) is 2. The molecule has 100 valence electrons. The fourth-order valence-corrected chi connectivity index (χ4v) is 2.09. The molecular formula is C16H15N3O. The molecule has 0 atom stereocenters. The molecule has 0 aliphatic rings. The maximum absolute atomic E-state index is 5.77. The summed E-state index contributed by atoms with van der Waals surface area (Å²) in [6.07, 6.45) is 0. The second kappa shape index (κ2) is 4.81. The molecule has 0 unspecified atom stereocenters. The van der Waals surface area contributed by atoms with E-state index in [0.717, 1.165) is 22.3 Å². The van der Waals surface area contributed by atoms with Crippen LogP contribution in [-0.4, -0.2) is 10.1 Å². The Bertz CT molecular complexity index is 762. The van der Waals surface area contributed by atoms with E-state index in [1.54, 1.807) is 0 Å². The van der Waals surface area contributed by atoms with Gasteiger partial charge >= 0.3 is 0 Å². The van der Waals surface area contributed by atoms with E-state index in [0.29, 0.717) is 17.4 Å². The molecule has 4 heteroatoms. The summed E-state index contributed by atoms with van der Waals surface area (Å²) < 4.78 is 5.38. The van der Waals surface area contributed by atoms with Gasteiger partial charge in [-0.3, -0.25) is 0 Å². The number of hydrogen-bond donors (Lipinski definition) is 1. The lowest BCUT2D eigenvalue weighted by atomic mass is 10.1. The van der Waals surface area contributed by atoms with Crippen molar-refractivity contribution in [3.05, 3.63) is 53.6 Å². The predicted octanol–water partition coefficient (Wildman–Crippen LogP) is 3.60. The van der Waals surface area contributed by atoms with Crippen molar-refractivity contribution in [1.29, 1.82) is 0 Å². The van der Waals surface area contributed by atoms with E-state index in [-0.39, 0.29) is 0 Å². The van der Waals surface area contributed by atoms with Crippen LogP contribution in [-0.2, 0) is 0 Å². The van der Waals surface area contributed by atoms with E-state index < -0.39 is 0 Å². The fraction of sp³-hybridized carbons (Fsp3) is 0.125. The normalized spacial score (nSPS) is 10.7. The summed E-state index contributed by atoms with van der Waals surface area (Å²) in [4.78, 5) is 4.46. The molecule has 0 radical (unpaired) electrons. The van der Waals surface area contributed by atoms with Crippen molar-refractivity contribution in [2.24, 2.45) is 0 Å². The third kappa shape index (κ3) is 2.28. The average Bonchev–Trinajstić information content (AvgIpc) is 2.91. The van der Waals surface area contributed by atoms with Crippen molar-refractivity contribution in [3.63, 3.8) is 0 Å². The standard InChI is InChI=1S/C16H15N3O/c1-10-6-7-11(2)14(8-10)16-18-15(19-20-16)12-4-3-5-13(17)9-12/h3-9H,17H2,1-2H3. The zero-order chi connectivity index (χ0) is 14.1. The van der Waals surface area contributed by atoms with E-state index >= 15 is 0 Å². The van der Waals surface area contributed by atoms with Crippen LogP contribution in [0, 0.1) is 13.8 Å². The van der Waals surface area contributed by atoms with Gasteiger partial charge in [0.05, 0.1) is 0 Å². The highest BCUT2D eigenvalue weighted by molar-refractivity contribution is 5.65. The lowest BCUT2D eigenvalue weighted by molar-refractivity contribution is 0.432. The number of rotatable bonds is 2. The molecule has 0 fully saturated rings. The van der Waals surface area contributed by atoms with Crippen molar-refractivity contribution in [2.45, 2.75) is 13.8 Å². The van der Waals surface area contributed by atoms with Crippen LogP contribution in [0.1, 0.15) is 11.1 Å². The highest BCUT2D eigenvalue weighted by atomic mass is 16.5. The Labute approximate surface area is 117 Å². The van der Waals surface area contributed by atoms with Crippen LogP contribution in [0.25, 0.3) is 22.8 Å². The number of nitrogens with two attached hydrogens (primary N) is 1. The molecular weight excluding hydrogens is 250 g/mol. The summed E-state index contributed by atoms with van der Waals surface area (Å²) >= 11 is 0. The Morgan fingerprint density at radius 2 is 1.90 bits per heavy atom. The van der Waals surface area contributed by atoms with Gasteiger partial charge in [0.1, 0.15) is 0 Å². The van der Waals surface area contributed by atoms with Gasteiger partial charge in [-0.2, -0.15) is 4.98 Å². The van der Waals surface area contributed by atoms with Crippen LogP contribution < -0.4 is 5.73 Å². The van der Waals surface area contributed by atoms with Gasteiger partial charge in [0.15, 0.2) is 0 Å². The van der Waals surface area contributed by atoms with Gasteiger partial charge in [-0.1, -0.05) is 35.0 Å². The lowest BCUT2D eigenvalue weighted by Gasteiger charge is -2.01. The van der Waals surface area contributed by atoms with Gasteiger partial charge in [-0.15, -0.1) is 0 Å². The minimum absolute atomic E-state index is 0.531. The third-order valence-electron chi connectivity index (χ3n) is 3.19. The fourth-order valence-electron chi connectivity index (χ4n) is 2.09. The molecule has 0 spiro atoms. The largest absolute Gasteiger partial charge is 0.399 e. The number of aryl methyl sites for hydroxylation is 2. The summed E-state index contributed by atoms with van der Waals surface area (Å²) in [6, 6.07) is 13.6. The Balaban J connectivity index is 2.04. The number of aromatic nitrogens is 2. The minimum atomic E-state index is 0.531. The van der Waals surface area contributed by atoms with Gasteiger partial charge in [-0.05, 0) is 37.6 Å². The molecule has 4 nitrogen and oxygen atoms in total. The van der Waals surface area contributed by atoms with Gasteiger partial charge in [0, 0.05) is 16.8 Å². The Morgan fingerprint density at radius 3 is 2.70 bits per heavy atom. The topological polar surface area (TPSA) is 64.9 Å². The molecule has 2 N–H and O–H groups in total. The summed E-state index contributed by atoms with van der Waals surface area (Å²) in [6.45, 7) is 4.07. The lowest BCUT2D eigenvalue weighted by Crippen LogP contribution is -1.87. The van der Waals surface area contributed by atoms with Gasteiger partial charge in [0.2, 0.25) is 5.82 Å². The Kier molecular flexibility index (Phi) is 2.99. The molecule has 3 aromatic rings. The first-order valence-corrected chi connectivity index (χ1v) is 6.41. The van der Waals surface area contributed by atoms with Crippen LogP contribution in [0.3, 0.4) is 0 Å². The first-order chi connectivity index (χ1) is 9.63. The smallest absolute Gasteiger partial charge is 0.258 e. The molecule has 1 heterocycles. The van der Waals surface area contributed by atoms with Crippen molar-refractivity contribution in [3.8, 4) is 22.8 Å². The quantitative estimate of drug-likeness (QED) is 0.719. The highest BCUT2D eigenvalue weighted by Gasteiger charge is 2.12. The van der Waals surface area contributed by atoms with E-state index in [4.69, 9.17) is 10.3 Å². The van der Waals surface area contributed by atoms with Crippen molar-refractivity contribution in [2.75, 3.05) is 5.73 Å². The number of hydrogen-bond acceptors (Lipinski definition) is 4.